The molecule has 1 atom stereocenters. The van der Waals surface area contributed by atoms with E-state index in [2.05, 4.69) is 20.9 Å². The third kappa shape index (κ3) is 7.42. The van der Waals surface area contributed by atoms with Gasteiger partial charge in [-0.1, -0.05) is 30.3 Å². The molecule has 4 aromatic rings. The molecule has 200 valence electrons. The van der Waals surface area contributed by atoms with Crippen LogP contribution in [0.2, 0.25) is 0 Å². The number of amides is 3. The summed E-state index contributed by atoms with van der Waals surface area (Å²) >= 11 is 1.59. The van der Waals surface area contributed by atoms with Gasteiger partial charge < -0.3 is 26.4 Å². The number of anilines is 2. The molecule has 2 aromatic carbocycles. The summed E-state index contributed by atoms with van der Waals surface area (Å²) in [5.74, 6) is -0.762. The molecule has 0 spiro atoms. The Balaban J connectivity index is 1.46. The molecule has 0 aliphatic heterocycles. The molecule has 0 saturated heterocycles. The number of alkyl carbamates (subject to hydrolysis) is 1. The number of pyridine rings is 1. The van der Waals surface area contributed by atoms with Gasteiger partial charge in [-0.05, 0) is 66.8 Å². The topological polar surface area (TPSA) is 135 Å². The summed E-state index contributed by atoms with van der Waals surface area (Å²) in [7, 11) is 0. The molecule has 4 rings (SSSR count). The first kappa shape index (κ1) is 27.3. The number of benzene rings is 2. The first-order chi connectivity index (χ1) is 18.8. The van der Waals surface area contributed by atoms with E-state index in [1.807, 2.05) is 43.5 Å². The second-order valence-electron chi connectivity index (χ2n) is 9.03. The van der Waals surface area contributed by atoms with Crippen molar-refractivity contribution < 1.29 is 19.1 Å². The van der Waals surface area contributed by atoms with Crippen molar-refractivity contribution in [3.05, 3.63) is 101 Å². The van der Waals surface area contributed by atoms with Crippen LogP contribution in [0.15, 0.2) is 84.5 Å². The second-order valence-corrected chi connectivity index (χ2v) is 9.98. The Hall–Kier alpha value is -4.70. The number of hydrogen-bond acceptors (Lipinski definition) is 7. The SMILES string of the molecule is CC(C)NC(=O)C(NC(=O)OCc1cccnc1)c1ccc(C(=O)Nc2cc(-c3cccs3)ccc2N)cc1. The Labute approximate surface area is 230 Å². The maximum absolute atomic E-state index is 13.0. The number of hydrogen-bond donors (Lipinski definition) is 4. The Morgan fingerprint density at radius 3 is 2.46 bits per heavy atom. The van der Waals surface area contributed by atoms with Crippen LogP contribution in [-0.4, -0.2) is 28.9 Å². The molecule has 39 heavy (non-hydrogen) atoms. The van der Waals surface area contributed by atoms with Crippen LogP contribution >= 0.6 is 11.3 Å². The van der Waals surface area contributed by atoms with E-state index in [-0.39, 0.29) is 18.6 Å². The Morgan fingerprint density at radius 2 is 1.79 bits per heavy atom. The standard InChI is InChI=1S/C29H29N5O4S/c1-18(2)32-28(36)26(34-29(37)38-17-19-5-3-13-31-16-19)20-7-9-21(10-8-20)27(35)33-24-15-22(11-12-23(24)30)25-6-4-14-39-25/h3-16,18,26H,17,30H2,1-2H3,(H,32,36)(H,33,35)(H,34,37). The fourth-order valence-corrected chi connectivity index (χ4v) is 4.47. The number of nitrogens with zero attached hydrogens (tertiary/aromatic N) is 1. The van der Waals surface area contributed by atoms with E-state index in [0.29, 0.717) is 28.1 Å². The summed E-state index contributed by atoms with van der Waals surface area (Å²) in [4.78, 5) is 43.4. The van der Waals surface area contributed by atoms with Crippen LogP contribution < -0.4 is 21.7 Å². The number of thiophene rings is 1. The van der Waals surface area contributed by atoms with E-state index in [1.54, 1.807) is 66.2 Å². The first-order valence-electron chi connectivity index (χ1n) is 12.3. The smallest absolute Gasteiger partial charge is 0.408 e. The molecular formula is C29H29N5O4S. The lowest BCUT2D eigenvalue weighted by Crippen LogP contribution is -2.43. The lowest BCUT2D eigenvalue weighted by atomic mass is 10.0. The minimum absolute atomic E-state index is 0.00805. The molecule has 0 fully saturated rings. The predicted molar refractivity (Wildman–Crippen MR) is 152 cm³/mol. The summed E-state index contributed by atoms with van der Waals surface area (Å²) in [5, 5.41) is 10.3. The summed E-state index contributed by atoms with van der Waals surface area (Å²) in [6.07, 6.45) is 2.45. The van der Waals surface area contributed by atoms with Crippen LogP contribution in [0.5, 0.6) is 0 Å². The highest BCUT2D eigenvalue weighted by molar-refractivity contribution is 7.13. The van der Waals surface area contributed by atoms with Crippen molar-refractivity contribution in [3.8, 4) is 10.4 Å². The van der Waals surface area contributed by atoms with E-state index in [1.165, 1.54) is 0 Å². The third-order valence-electron chi connectivity index (χ3n) is 5.66. The van der Waals surface area contributed by atoms with Crippen molar-refractivity contribution in [3.63, 3.8) is 0 Å². The molecule has 3 amide bonds. The minimum Gasteiger partial charge on any atom is -0.445 e. The maximum atomic E-state index is 13.0. The van der Waals surface area contributed by atoms with Gasteiger partial charge in [0.25, 0.3) is 5.91 Å². The van der Waals surface area contributed by atoms with Crippen LogP contribution in [0, 0.1) is 0 Å². The van der Waals surface area contributed by atoms with Crippen molar-refractivity contribution in [2.45, 2.75) is 32.5 Å². The van der Waals surface area contributed by atoms with E-state index in [4.69, 9.17) is 10.5 Å². The van der Waals surface area contributed by atoms with E-state index >= 15 is 0 Å². The average molecular weight is 544 g/mol. The first-order valence-corrected chi connectivity index (χ1v) is 13.2. The van der Waals surface area contributed by atoms with E-state index in [9.17, 15) is 14.4 Å². The lowest BCUT2D eigenvalue weighted by molar-refractivity contribution is -0.123. The van der Waals surface area contributed by atoms with Gasteiger partial charge >= 0.3 is 6.09 Å². The minimum atomic E-state index is -1.02. The van der Waals surface area contributed by atoms with E-state index < -0.39 is 18.0 Å². The quantitative estimate of drug-likeness (QED) is 0.216. The zero-order valence-corrected chi connectivity index (χ0v) is 22.3. The monoisotopic (exact) mass is 543 g/mol. The summed E-state index contributed by atoms with van der Waals surface area (Å²) in [5.41, 5.74) is 9.56. The summed E-state index contributed by atoms with van der Waals surface area (Å²) < 4.78 is 5.27. The maximum Gasteiger partial charge on any atom is 0.408 e. The van der Waals surface area contributed by atoms with Crippen LogP contribution in [0.25, 0.3) is 10.4 Å². The highest BCUT2D eigenvalue weighted by Gasteiger charge is 2.24. The molecule has 9 nitrogen and oxygen atoms in total. The van der Waals surface area contributed by atoms with Crippen molar-refractivity contribution >= 4 is 40.6 Å². The molecule has 0 aliphatic carbocycles. The van der Waals surface area contributed by atoms with Crippen LogP contribution in [0.3, 0.4) is 0 Å². The van der Waals surface area contributed by atoms with Gasteiger partial charge in [0.1, 0.15) is 12.6 Å². The predicted octanol–water partition coefficient (Wildman–Crippen LogP) is 5.14. The van der Waals surface area contributed by atoms with Gasteiger partial charge in [0.15, 0.2) is 0 Å². The molecule has 2 heterocycles. The highest BCUT2D eigenvalue weighted by Crippen LogP contribution is 2.30. The van der Waals surface area contributed by atoms with Gasteiger partial charge in [0.05, 0.1) is 11.4 Å². The van der Waals surface area contributed by atoms with Gasteiger partial charge in [-0.2, -0.15) is 0 Å². The normalized spacial score (nSPS) is 11.5. The summed E-state index contributed by atoms with van der Waals surface area (Å²) in [6, 6.07) is 18.2. The number of carbonyl (C=O) groups excluding carboxylic acids is 3. The molecule has 0 saturated carbocycles. The van der Waals surface area contributed by atoms with Crippen LogP contribution in [-0.2, 0) is 16.1 Å². The Bertz CT molecular complexity index is 1420. The van der Waals surface area contributed by atoms with Crippen molar-refractivity contribution in [2.75, 3.05) is 11.1 Å². The number of ether oxygens (including phenoxy) is 1. The van der Waals surface area contributed by atoms with Crippen molar-refractivity contribution in [1.29, 1.82) is 0 Å². The molecular weight excluding hydrogens is 514 g/mol. The molecule has 1 unspecified atom stereocenters. The zero-order valence-electron chi connectivity index (χ0n) is 21.5. The third-order valence-corrected chi connectivity index (χ3v) is 6.58. The molecule has 0 radical (unpaired) electrons. The lowest BCUT2D eigenvalue weighted by Gasteiger charge is -2.20. The number of aromatic nitrogens is 1. The van der Waals surface area contributed by atoms with Crippen LogP contribution in [0.1, 0.15) is 41.4 Å². The highest BCUT2D eigenvalue weighted by atomic mass is 32.1. The number of nitrogens with one attached hydrogen (secondary N) is 3. The van der Waals surface area contributed by atoms with E-state index in [0.717, 1.165) is 10.4 Å². The number of nitrogens with two attached hydrogens (primary N) is 1. The number of nitrogen functional groups attached to an aromatic ring is 1. The van der Waals surface area contributed by atoms with Gasteiger partial charge in [-0.25, -0.2) is 4.79 Å². The zero-order chi connectivity index (χ0) is 27.8. The largest absolute Gasteiger partial charge is 0.445 e. The van der Waals surface area contributed by atoms with Gasteiger partial charge in [0, 0.05) is 34.4 Å². The molecule has 2 aromatic heterocycles. The van der Waals surface area contributed by atoms with Gasteiger partial charge in [-0.3, -0.25) is 14.6 Å². The fourth-order valence-electron chi connectivity index (χ4n) is 3.74. The molecule has 0 bridgehead atoms. The Kier molecular flexibility index (Phi) is 8.90. The Morgan fingerprint density at radius 1 is 1.00 bits per heavy atom. The van der Waals surface area contributed by atoms with Crippen molar-refractivity contribution in [2.24, 2.45) is 0 Å². The fraction of sp³-hybridized carbons (Fsp3) is 0.172. The second kappa shape index (κ2) is 12.7. The van der Waals surface area contributed by atoms with Crippen LogP contribution in [0.4, 0.5) is 16.2 Å². The molecule has 0 aliphatic rings. The van der Waals surface area contributed by atoms with Gasteiger partial charge in [-0.15, -0.1) is 11.3 Å². The number of carbonyl (C=O) groups is 3. The van der Waals surface area contributed by atoms with Gasteiger partial charge in [0.2, 0.25) is 5.91 Å². The average Bonchev–Trinajstić information content (AvgIpc) is 3.47. The van der Waals surface area contributed by atoms with Crippen molar-refractivity contribution in [1.82, 2.24) is 15.6 Å². The summed E-state index contributed by atoms with van der Waals surface area (Å²) in [6.45, 7) is 3.65. The number of rotatable bonds is 9. The molecule has 10 heteroatoms. The molecule has 5 N–H and O–H groups in total.